The molecule has 0 fully saturated rings. The van der Waals surface area contributed by atoms with Crippen LogP contribution in [-0.4, -0.2) is 16.6 Å². The molecule has 1 heterocycles. The monoisotopic (exact) mass is 218 g/mol. The lowest BCUT2D eigenvalue weighted by Crippen LogP contribution is -2.24. The van der Waals surface area contributed by atoms with Crippen molar-refractivity contribution in [1.29, 1.82) is 5.26 Å². The molecule has 0 unspecified atom stereocenters. The van der Waals surface area contributed by atoms with Gasteiger partial charge in [-0.2, -0.15) is 5.26 Å². The molecule has 0 aromatic carbocycles. The van der Waals surface area contributed by atoms with Gasteiger partial charge in [0.15, 0.2) is 0 Å². The second kappa shape index (κ2) is 4.75. The summed E-state index contributed by atoms with van der Waals surface area (Å²) in [6, 6.07) is 3.61. The van der Waals surface area contributed by atoms with E-state index in [-0.39, 0.29) is 12.4 Å². The van der Waals surface area contributed by atoms with Crippen LogP contribution in [0.1, 0.15) is 31.9 Å². The van der Waals surface area contributed by atoms with Gasteiger partial charge in [0.25, 0.3) is 0 Å². The summed E-state index contributed by atoms with van der Waals surface area (Å²) in [6.07, 6.45) is 3.16. The Labute approximate surface area is 94.9 Å². The number of pyridine rings is 1. The Kier molecular flexibility index (Phi) is 3.62. The second-order valence-electron chi connectivity index (χ2n) is 4.46. The number of esters is 1. The summed E-state index contributed by atoms with van der Waals surface area (Å²) < 4.78 is 5.17. The summed E-state index contributed by atoms with van der Waals surface area (Å²) in [4.78, 5) is 15.4. The van der Waals surface area contributed by atoms with E-state index in [0.717, 1.165) is 0 Å². The standard InChI is InChI=1S/C12H14N2O2/c1-12(2,3)16-11(15)5-9-4-10(6-13)8-14-7-9/h4,7-8H,5H2,1-3H3. The molecule has 0 aliphatic heterocycles. The van der Waals surface area contributed by atoms with E-state index in [1.807, 2.05) is 26.8 Å². The molecule has 0 saturated carbocycles. The molecule has 0 aliphatic carbocycles. The van der Waals surface area contributed by atoms with Gasteiger partial charge >= 0.3 is 5.97 Å². The van der Waals surface area contributed by atoms with Crippen LogP contribution in [0.2, 0.25) is 0 Å². The lowest BCUT2D eigenvalue weighted by atomic mass is 10.1. The summed E-state index contributed by atoms with van der Waals surface area (Å²) in [5, 5.41) is 8.68. The fourth-order valence-corrected chi connectivity index (χ4v) is 1.19. The number of rotatable bonds is 2. The molecule has 84 valence electrons. The van der Waals surface area contributed by atoms with E-state index in [9.17, 15) is 4.79 Å². The summed E-state index contributed by atoms with van der Waals surface area (Å²) in [5.74, 6) is -0.315. The minimum absolute atomic E-state index is 0.139. The van der Waals surface area contributed by atoms with Gasteiger partial charge in [0.05, 0.1) is 12.0 Å². The number of carbonyl (C=O) groups excluding carboxylic acids is 1. The number of hydrogen-bond acceptors (Lipinski definition) is 4. The first-order valence-electron chi connectivity index (χ1n) is 4.96. The van der Waals surface area contributed by atoms with Crippen molar-refractivity contribution in [1.82, 2.24) is 4.98 Å². The number of ether oxygens (including phenoxy) is 1. The van der Waals surface area contributed by atoms with Gasteiger partial charge in [0, 0.05) is 12.4 Å². The van der Waals surface area contributed by atoms with Crippen LogP contribution in [0, 0.1) is 11.3 Å². The molecule has 1 aromatic heterocycles. The first-order valence-corrected chi connectivity index (χ1v) is 4.96. The average molecular weight is 218 g/mol. The van der Waals surface area contributed by atoms with Gasteiger partial charge in [-0.15, -0.1) is 0 Å². The van der Waals surface area contributed by atoms with Crippen LogP contribution in [0.4, 0.5) is 0 Å². The highest BCUT2D eigenvalue weighted by Gasteiger charge is 2.16. The Balaban J connectivity index is 2.67. The van der Waals surface area contributed by atoms with Crippen molar-refractivity contribution in [2.24, 2.45) is 0 Å². The van der Waals surface area contributed by atoms with Gasteiger partial charge in [-0.05, 0) is 32.4 Å². The quantitative estimate of drug-likeness (QED) is 0.710. The number of hydrogen-bond donors (Lipinski definition) is 0. The molecule has 4 heteroatoms. The van der Waals surface area contributed by atoms with Crippen LogP contribution >= 0.6 is 0 Å². The third-order valence-electron chi connectivity index (χ3n) is 1.69. The molecule has 1 rings (SSSR count). The molecule has 16 heavy (non-hydrogen) atoms. The molecule has 0 amide bonds. The highest BCUT2D eigenvalue weighted by molar-refractivity contribution is 5.73. The maximum Gasteiger partial charge on any atom is 0.310 e. The molecule has 1 aromatic rings. The summed E-state index contributed by atoms with van der Waals surface area (Å²) in [6.45, 7) is 5.44. The van der Waals surface area contributed by atoms with Gasteiger partial charge < -0.3 is 4.74 Å². The molecule has 0 bridgehead atoms. The summed E-state index contributed by atoms with van der Waals surface area (Å²) in [7, 11) is 0. The van der Waals surface area contributed by atoms with Crippen LogP contribution < -0.4 is 0 Å². The van der Waals surface area contributed by atoms with E-state index in [4.69, 9.17) is 10.00 Å². The lowest BCUT2D eigenvalue weighted by molar-refractivity contribution is -0.153. The van der Waals surface area contributed by atoms with Gasteiger partial charge in [0.2, 0.25) is 0 Å². The van der Waals surface area contributed by atoms with Crippen LogP contribution in [0.25, 0.3) is 0 Å². The van der Waals surface area contributed by atoms with Crippen LogP contribution in [0.3, 0.4) is 0 Å². The van der Waals surface area contributed by atoms with Crippen molar-refractivity contribution in [2.75, 3.05) is 0 Å². The zero-order chi connectivity index (χ0) is 12.2. The third kappa shape index (κ3) is 4.09. The Morgan fingerprint density at radius 2 is 2.19 bits per heavy atom. The molecule has 0 radical (unpaired) electrons. The molecule has 0 saturated heterocycles. The Morgan fingerprint density at radius 1 is 1.50 bits per heavy atom. The van der Waals surface area contributed by atoms with Crippen molar-refractivity contribution in [2.45, 2.75) is 32.8 Å². The number of nitriles is 1. The molecular weight excluding hydrogens is 204 g/mol. The van der Waals surface area contributed by atoms with E-state index >= 15 is 0 Å². The van der Waals surface area contributed by atoms with Crippen molar-refractivity contribution >= 4 is 5.97 Å². The van der Waals surface area contributed by atoms with E-state index in [0.29, 0.717) is 11.1 Å². The number of aromatic nitrogens is 1. The second-order valence-corrected chi connectivity index (χ2v) is 4.46. The van der Waals surface area contributed by atoms with E-state index in [1.165, 1.54) is 6.20 Å². The topological polar surface area (TPSA) is 63.0 Å². The minimum atomic E-state index is -0.489. The number of carbonyl (C=O) groups is 1. The third-order valence-corrected chi connectivity index (χ3v) is 1.69. The van der Waals surface area contributed by atoms with Gasteiger partial charge in [-0.1, -0.05) is 0 Å². The average Bonchev–Trinajstić information content (AvgIpc) is 2.15. The Morgan fingerprint density at radius 3 is 2.75 bits per heavy atom. The molecule has 0 spiro atoms. The fourth-order valence-electron chi connectivity index (χ4n) is 1.19. The molecular formula is C12H14N2O2. The van der Waals surface area contributed by atoms with E-state index < -0.39 is 5.60 Å². The SMILES string of the molecule is CC(C)(C)OC(=O)Cc1cncc(C#N)c1. The van der Waals surface area contributed by atoms with Crippen LogP contribution in [-0.2, 0) is 16.0 Å². The van der Waals surface area contributed by atoms with E-state index in [1.54, 1.807) is 12.3 Å². The van der Waals surface area contributed by atoms with Crippen molar-refractivity contribution < 1.29 is 9.53 Å². The van der Waals surface area contributed by atoms with Gasteiger partial charge in [0.1, 0.15) is 11.7 Å². The van der Waals surface area contributed by atoms with Crippen molar-refractivity contribution in [3.63, 3.8) is 0 Å². The van der Waals surface area contributed by atoms with Crippen LogP contribution in [0.5, 0.6) is 0 Å². The first kappa shape index (κ1) is 12.2. The minimum Gasteiger partial charge on any atom is -0.460 e. The summed E-state index contributed by atoms with van der Waals surface area (Å²) in [5.41, 5.74) is 0.645. The number of nitrogens with zero attached hydrogens (tertiary/aromatic N) is 2. The molecule has 0 atom stereocenters. The maximum atomic E-state index is 11.5. The van der Waals surface area contributed by atoms with Crippen LogP contribution in [0.15, 0.2) is 18.5 Å². The fraction of sp³-hybridized carbons (Fsp3) is 0.417. The predicted octanol–water partition coefficient (Wildman–Crippen LogP) is 1.84. The highest BCUT2D eigenvalue weighted by atomic mass is 16.6. The molecule has 4 nitrogen and oxygen atoms in total. The maximum absolute atomic E-state index is 11.5. The largest absolute Gasteiger partial charge is 0.460 e. The lowest BCUT2D eigenvalue weighted by Gasteiger charge is -2.19. The van der Waals surface area contributed by atoms with Crippen molar-refractivity contribution in [3.05, 3.63) is 29.6 Å². The van der Waals surface area contributed by atoms with E-state index in [2.05, 4.69) is 4.98 Å². The Hall–Kier alpha value is -1.89. The Bertz CT molecular complexity index is 427. The van der Waals surface area contributed by atoms with Gasteiger partial charge in [-0.3, -0.25) is 9.78 Å². The normalized spacial score (nSPS) is 10.6. The summed E-state index contributed by atoms with van der Waals surface area (Å²) >= 11 is 0. The van der Waals surface area contributed by atoms with Gasteiger partial charge in [-0.25, -0.2) is 0 Å². The molecule has 0 N–H and O–H groups in total. The van der Waals surface area contributed by atoms with Crippen molar-refractivity contribution in [3.8, 4) is 6.07 Å². The predicted molar refractivity (Wildman–Crippen MR) is 58.5 cm³/mol. The first-order chi connectivity index (χ1) is 7.40. The highest BCUT2D eigenvalue weighted by Crippen LogP contribution is 2.10. The zero-order valence-electron chi connectivity index (χ0n) is 9.65. The smallest absolute Gasteiger partial charge is 0.310 e. The zero-order valence-corrected chi connectivity index (χ0v) is 9.65. The molecule has 0 aliphatic rings.